The van der Waals surface area contributed by atoms with Gasteiger partial charge in [0, 0.05) is 0 Å². The van der Waals surface area contributed by atoms with Gasteiger partial charge < -0.3 is 35.1 Å². The maximum atomic E-state index is 8.88. The summed E-state index contributed by atoms with van der Waals surface area (Å²) in [6, 6.07) is 0. The molecule has 0 fully saturated rings. The summed E-state index contributed by atoms with van der Waals surface area (Å²) in [6.07, 6.45) is 0. The third-order valence-corrected chi connectivity index (χ3v) is 0. The normalized spacial score (nSPS) is 9.71. The van der Waals surface area contributed by atoms with Crippen molar-refractivity contribution in [1.29, 1.82) is 0 Å². The molecule has 0 aliphatic carbocycles. The molecule has 0 saturated carbocycles. The van der Waals surface area contributed by atoms with E-state index >= 15 is 0 Å². The van der Waals surface area contributed by atoms with Gasteiger partial charge in [0.15, 0.2) is 0 Å². The maximum absolute atomic E-state index is 8.88. The predicted octanol–water partition coefficient (Wildman–Crippen LogP) is -2.54. The van der Waals surface area contributed by atoms with Crippen molar-refractivity contribution in [3.05, 3.63) is 0 Å². The Morgan fingerprint density at radius 3 is 0.929 bits per heavy atom. The molecule has 0 aliphatic heterocycles. The summed E-state index contributed by atoms with van der Waals surface area (Å²) in [5, 5.41) is 0. The second-order valence-corrected chi connectivity index (χ2v) is 3.49. The second kappa shape index (κ2) is 12.3. The molecule has 0 aromatic heterocycles. The van der Waals surface area contributed by atoms with E-state index in [0.29, 0.717) is 0 Å². The van der Waals surface area contributed by atoms with Gasteiger partial charge in [-0.1, -0.05) is 6.92 Å². The van der Waals surface area contributed by atoms with Crippen molar-refractivity contribution in [2.45, 2.75) is 6.92 Å². The van der Waals surface area contributed by atoms with Crippen molar-refractivity contribution in [1.82, 2.24) is 0 Å². The molecular weight excluding hydrogens is 251 g/mol. The minimum atomic E-state index is -4.64. The summed E-state index contributed by atoms with van der Waals surface area (Å²) in [7, 11) is -9.28. The molecule has 0 bridgehead atoms. The minimum absolute atomic E-state index is 0. The van der Waals surface area contributed by atoms with Crippen LogP contribution in [0, 0.1) is 0 Å². The van der Waals surface area contributed by atoms with E-state index < -0.39 is 15.6 Å². The molecule has 0 unspecified atom stereocenters. The molecule has 86 valence electrons. The molecule has 0 aromatic carbocycles. The van der Waals surface area contributed by atoms with Gasteiger partial charge in [0.2, 0.25) is 0 Å². The number of rotatable bonds is 0. The van der Waals surface area contributed by atoms with Gasteiger partial charge in [0.25, 0.3) is 0 Å². The first-order chi connectivity index (χ1) is 5.41. The van der Waals surface area contributed by atoms with E-state index in [1.165, 1.54) is 0 Å². The van der Waals surface area contributed by atoms with Crippen molar-refractivity contribution in [2.24, 2.45) is 5.73 Å². The zero-order valence-electron chi connectivity index (χ0n) is 6.68. The number of phosphoric acid groups is 2. The van der Waals surface area contributed by atoms with Gasteiger partial charge in [-0.05, 0) is 6.54 Å². The molecule has 8 N–H and O–H groups in total. The van der Waals surface area contributed by atoms with Gasteiger partial charge in [0.1, 0.15) is 0 Å². The van der Waals surface area contributed by atoms with Crippen LogP contribution in [0.1, 0.15) is 6.92 Å². The van der Waals surface area contributed by atoms with Gasteiger partial charge in [-0.3, -0.25) is 0 Å². The van der Waals surface area contributed by atoms with Gasteiger partial charge in [-0.25, -0.2) is 9.13 Å². The third-order valence-electron chi connectivity index (χ3n) is 0. The zero-order valence-corrected chi connectivity index (χ0v) is 8.47. The molecule has 0 heterocycles. The van der Waals surface area contributed by atoms with Crippen molar-refractivity contribution in [2.75, 3.05) is 6.54 Å². The number of hydrogen-bond donors (Lipinski definition) is 7. The molecule has 12 heteroatoms. The van der Waals surface area contributed by atoms with Crippen LogP contribution >= 0.6 is 15.6 Å². The summed E-state index contributed by atoms with van der Waals surface area (Å²) >= 11 is 0. The molecule has 9 nitrogen and oxygen atoms in total. The van der Waals surface area contributed by atoms with Gasteiger partial charge in [-0.15, -0.1) is 0 Å². The van der Waals surface area contributed by atoms with Crippen molar-refractivity contribution >= 4 is 45.2 Å². The molecule has 0 aliphatic rings. The third kappa shape index (κ3) is 1400. The molecule has 0 saturated heterocycles. The Morgan fingerprint density at radius 2 is 0.929 bits per heavy atom. The fourth-order valence-electron chi connectivity index (χ4n) is 0. The first-order valence-electron chi connectivity index (χ1n) is 2.68. The molecule has 0 amide bonds. The van der Waals surface area contributed by atoms with Crippen LogP contribution in [0.25, 0.3) is 0 Å². The average Bonchev–Trinajstić information content (AvgIpc) is 1.52. The van der Waals surface area contributed by atoms with Gasteiger partial charge >= 0.3 is 45.2 Å². The number of hydrogen-bond acceptors (Lipinski definition) is 3. The van der Waals surface area contributed by atoms with E-state index in [1.54, 1.807) is 0 Å². The molecular formula is C2H14NNaO8P2. The monoisotopic (exact) mass is 265 g/mol. The van der Waals surface area contributed by atoms with Crippen LogP contribution in [0.15, 0.2) is 0 Å². The van der Waals surface area contributed by atoms with E-state index in [2.05, 4.69) is 0 Å². The zero-order chi connectivity index (χ0) is 11.7. The van der Waals surface area contributed by atoms with Crippen LogP contribution in [0.5, 0.6) is 0 Å². The fraction of sp³-hybridized carbons (Fsp3) is 1.00. The fourth-order valence-corrected chi connectivity index (χ4v) is 0. The standard InChI is InChI=1S/C2H7N.Na.2H3O4P.H/c1-2-3;;2*1-5(2,3)4;/h2-3H2,1H3;;2*(H3,1,2,3,4);. The SMILES string of the molecule is CCN.O=P(O)(O)O.O=P(O)(O)O.[NaH]. The molecule has 0 atom stereocenters. The quantitative estimate of drug-likeness (QED) is 0.183. The Kier molecular flexibility index (Phi) is 21.4. The van der Waals surface area contributed by atoms with Crippen molar-refractivity contribution in [3.8, 4) is 0 Å². The summed E-state index contributed by atoms with van der Waals surface area (Å²) in [5.41, 5.74) is 4.85. The van der Waals surface area contributed by atoms with Crippen LogP contribution in [0.3, 0.4) is 0 Å². The molecule has 0 rings (SSSR count). The average molecular weight is 265 g/mol. The topological polar surface area (TPSA) is 182 Å². The van der Waals surface area contributed by atoms with Gasteiger partial charge in [-0.2, -0.15) is 0 Å². The van der Waals surface area contributed by atoms with E-state index in [4.69, 9.17) is 44.2 Å². The van der Waals surface area contributed by atoms with Crippen molar-refractivity contribution < 1.29 is 38.5 Å². The van der Waals surface area contributed by atoms with Crippen LogP contribution in [-0.4, -0.2) is 65.5 Å². The van der Waals surface area contributed by atoms with Crippen LogP contribution in [0.2, 0.25) is 0 Å². The van der Waals surface area contributed by atoms with Crippen LogP contribution in [0.4, 0.5) is 0 Å². The Balaban J connectivity index is -0.0000000535. The molecule has 0 aromatic rings. The van der Waals surface area contributed by atoms with E-state index in [9.17, 15) is 0 Å². The Labute approximate surface area is 103 Å². The van der Waals surface area contributed by atoms with Crippen LogP contribution < -0.4 is 5.73 Å². The Bertz CT molecular complexity index is 149. The van der Waals surface area contributed by atoms with E-state index in [1.807, 2.05) is 6.92 Å². The predicted molar refractivity (Wildman–Crippen MR) is 50.4 cm³/mol. The van der Waals surface area contributed by atoms with Crippen molar-refractivity contribution in [3.63, 3.8) is 0 Å². The molecule has 0 radical (unpaired) electrons. The van der Waals surface area contributed by atoms with Crippen LogP contribution in [-0.2, 0) is 9.13 Å². The molecule has 14 heavy (non-hydrogen) atoms. The van der Waals surface area contributed by atoms with E-state index in [-0.39, 0.29) is 29.6 Å². The summed E-state index contributed by atoms with van der Waals surface area (Å²) in [5.74, 6) is 0. The number of nitrogens with two attached hydrogens (primary N) is 1. The second-order valence-electron chi connectivity index (χ2n) is 1.43. The Morgan fingerprint density at radius 1 is 0.929 bits per heavy atom. The van der Waals surface area contributed by atoms with Gasteiger partial charge in [0.05, 0.1) is 0 Å². The summed E-state index contributed by atoms with van der Waals surface area (Å²) < 4.78 is 17.8. The molecule has 0 spiro atoms. The summed E-state index contributed by atoms with van der Waals surface area (Å²) in [6.45, 7) is 2.65. The Hall–Kier alpha value is 1.18. The summed E-state index contributed by atoms with van der Waals surface area (Å²) in [4.78, 5) is 43.1. The van der Waals surface area contributed by atoms with E-state index in [0.717, 1.165) is 6.54 Å². The first-order valence-corrected chi connectivity index (χ1v) is 5.81. The first kappa shape index (κ1) is 24.4.